The van der Waals surface area contributed by atoms with Crippen LogP contribution in [0.1, 0.15) is 30.5 Å². The number of nitriles is 1. The van der Waals surface area contributed by atoms with Crippen molar-refractivity contribution in [3.05, 3.63) is 28.8 Å². The molecular weight excluding hydrogens is 566 g/mol. The maximum absolute atomic E-state index is 13.3. The molecule has 2 aromatic rings. The van der Waals surface area contributed by atoms with Crippen LogP contribution in [0.15, 0.2) is 27.3 Å². The smallest absolute Gasteiger partial charge is 0.180 e. The van der Waals surface area contributed by atoms with E-state index in [0.717, 1.165) is 0 Å². The first-order valence-corrected chi connectivity index (χ1v) is 15.1. The zero-order valence-electron chi connectivity index (χ0n) is 24.6. The maximum atomic E-state index is 13.3. The summed E-state index contributed by atoms with van der Waals surface area (Å²) < 4.78 is 32.1. The van der Waals surface area contributed by atoms with Crippen molar-refractivity contribution in [2.24, 2.45) is 10.2 Å². The summed E-state index contributed by atoms with van der Waals surface area (Å²) in [5.74, 6) is 0.408. The van der Waals surface area contributed by atoms with E-state index in [1.165, 1.54) is 19.2 Å². The number of sulfone groups is 1. The summed E-state index contributed by atoms with van der Waals surface area (Å²) in [6, 6.07) is 5.00. The molecule has 0 aliphatic rings. The van der Waals surface area contributed by atoms with Crippen molar-refractivity contribution in [1.82, 2.24) is 9.88 Å². The van der Waals surface area contributed by atoms with Crippen LogP contribution in [0.3, 0.4) is 0 Å². The minimum Gasteiger partial charge on any atom is -0.494 e. The normalized spacial score (nSPS) is 13.3. The Bertz CT molecular complexity index is 1370. The minimum atomic E-state index is -3.78. The van der Waals surface area contributed by atoms with Crippen molar-refractivity contribution >= 4 is 32.8 Å². The molecule has 6 N–H and O–H groups in total. The number of aliphatic hydroxyl groups is 4. The Morgan fingerprint density at radius 1 is 1.05 bits per heavy atom. The highest BCUT2D eigenvalue weighted by Gasteiger charge is 2.23. The zero-order chi connectivity index (χ0) is 31.4. The third-order valence-corrected chi connectivity index (χ3v) is 7.96. The standard InChI is InChI=1S/C27H41N7O7S/c1-17-12-22(23(41-5)13-24(17)42(39,40)11-8-34(15-18(2)37)16-19(3)38)32-33-25-20(4)21(14-28)26(29-6-9-35)31-27(25)30-7-10-36/h12-13,18-19,35-38H,6-11,15-16H2,1-5H3,(H2,29,30,31)/b33-32+. The summed E-state index contributed by atoms with van der Waals surface area (Å²) >= 11 is 0. The second kappa shape index (κ2) is 16.3. The summed E-state index contributed by atoms with van der Waals surface area (Å²) in [5.41, 5.74) is 1.55. The van der Waals surface area contributed by atoms with Gasteiger partial charge in [-0.2, -0.15) is 5.26 Å². The lowest BCUT2D eigenvalue weighted by atomic mass is 10.1. The predicted octanol–water partition coefficient (Wildman–Crippen LogP) is 1.64. The van der Waals surface area contributed by atoms with Crippen LogP contribution in [0.25, 0.3) is 0 Å². The number of methoxy groups -OCH3 is 1. The first-order chi connectivity index (χ1) is 19.9. The maximum Gasteiger partial charge on any atom is 0.180 e. The molecule has 2 atom stereocenters. The summed E-state index contributed by atoms with van der Waals surface area (Å²) in [6.07, 6.45) is -1.37. The molecule has 2 unspecified atom stereocenters. The number of hydrogen-bond donors (Lipinski definition) is 6. The van der Waals surface area contributed by atoms with Gasteiger partial charge in [-0.15, -0.1) is 10.2 Å². The van der Waals surface area contributed by atoms with Crippen molar-refractivity contribution in [3.63, 3.8) is 0 Å². The van der Waals surface area contributed by atoms with Gasteiger partial charge < -0.3 is 35.8 Å². The number of anilines is 2. The fourth-order valence-electron chi connectivity index (χ4n) is 4.25. The molecule has 0 spiro atoms. The Kier molecular flexibility index (Phi) is 13.5. The predicted molar refractivity (Wildman–Crippen MR) is 159 cm³/mol. The van der Waals surface area contributed by atoms with Crippen LogP contribution in [0.4, 0.5) is 23.0 Å². The van der Waals surface area contributed by atoms with Gasteiger partial charge in [-0.3, -0.25) is 4.90 Å². The Hall–Kier alpha value is -3.39. The Morgan fingerprint density at radius 2 is 1.64 bits per heavy atom. The summed E-state index contributed by atoms with van der Waals surface area (Å²) in [7, 11) is -2.40. The number of aliphatic hydroxyl groups excluding tert-OH is 4. The van der Waals surface area contributed by atoms with Crippen molar-refractivity contribution in [2.45, 2.75) is 44.8 Å². The van der Waals surface area contributed by atoms with Gasteiger partial charge in [-0.05, 0) is 39.3 Å². The average molecular weight is 608 g/mol. The highest BCUT2D eigenvalue weighted by atomic mass is 32.2. The summed E-state index contributed by atoms with van der Waals surface area (Å²) in [5, 5.41) is 62.2. The van der Waals surface area contributed by atoms with E-state index in [-0.39, 0.29) is 90.9 Å². The molecule has 0 saturated heterocycles. The lowest BCUT2D eigenvalue weighted by molar-refractivity contribution is 0.0873. The molecule has 42 heavy (non-hydrogen) atoms. The van der Waals surface area contributed by atoms with E-state index in [9.17, 15) is 29.0 Å². The van der Waals surface area contributed by atoms with Crippen LogP contribution < -0.4 is 15.4 Å². The number of azo groups is 1. The Balaban J connectivity index is 2.47. The first-order valence-electron chi connectivity index (χ1n) is 13.4. The number of aryl methyl sites for hydroxylation is 1. The van der Waals surface area contributed by atoms with Crippen LogP contribution in [0.2, 0.25) is 0 Å². The monoisotopic (exact) mass is 607 g/mol. The zero-order valence-corrected chi connectivity index (χ0v) is 25.4. The van der Waals surface area contributed by atoms with Crippen molar-refractivity contribution in [3.8, 4) is 11.8 Å². The molecule has 1 aromatic carbocycles. The van der Waals surface area contributed by atoms with Gasteiger partial charge in [0, 0.05) is 44.4 Å². The highest BCUT2D eigenvalue weighted by Crippen LogP contribution is 2.38. The average Bonchev–Trinajstić information content (AvgIpc) is 2.92. The molecule has 0 saturated carbocycles. The van der Waals surface area contributed by atoms with E-state index in [0.29, 0.717) is 11.1 Å². The molecule has 232 valence electrons. The van der Waals surface area contributed by atoms with Gasteiger partial charge in [0.15, 0.2) is 15.7 Å². The number of aromatic nitrogens is 1. The van der Waals surface area contributed by atoms with E-state index in [1.807, 2.05) is 0 Å². The van der Waals surface area contributed by atoms with E-state index in [4.69, 9.17) is 9.84 Å². The van der Waals surface area contributed by atoms with Crippen molar-refractivity contribution in [2.75, 3.05) is 69.4 Å². The topological polar surface area (TPSA) is 213 Å². The number of benzene rings is 1. The highest BCUT2D eigenvalue weighted by molar-refractivity contribution is 7.91. The molecule has 0 bridgehead atoms. The number of hydrogen-bond acceptors (Lipinski definition) is 14. The molecule has 2 rings (SSSR count). The molecule has 0 fully saturated rings. The number of pyridine rings is 1. The molecule has 14 nitrogen and oxygen atoms in total. The fraction of sp³-hybridized carbons (Fsp3) is 0.556. The molecule has 1 heterocycles. The van der Waals surface area contributed by atoms with E-state index < -0.39 is 22.0 Å². The summed E-state index contributed by atoms with van der Waals surface area (Å²) in [4.78, 5) is 6.15. The number of nitrogens with zero attached hydrogens (tertiary/aromatic N) is 5. The molecule has 0 radical (unpaired) electrons. The van der Waals surface area contributed by atoms with E-state index >= 15 is 0 Å². The first kappa shape index (κ1) is 34.8. The summed E-state index contributed by atoms with van der Waals surface area (Å²) in [6.45, 7) is 7.01. The minimum absolute atomic E-state index is 0.0570. The largest absolute Gasteiger partial charge is 0.494 e. The SMILES string of the molecule is COc1cc(S(=O)(=O)CCN(CC(C)O)CC(C)O)c(C)cc1/N=N/c1c(NCCO)nc(NCCO)c(C#N)c1C. The lowest BCUT2D eigenvalue weighted by Gasteiger charge is -2.25. The quantitative estimate of drug-likeness (QED) is 0.142. The number of ether oxygens (including phenoxy) is 1. The molecule has 0 aliphatic heterocycles. The Labute approximate surface area is 246 Å². The molecule has 0 amide bonds. The van der Waals surface area contributed by atoms with Crippen LogP contribution in [-0.2, 0) is 9.84 Å². The molecule has 15 heteroatoms. The van der Waals surface area contributed by atoms with Crippen LogP contribution >= 0.6 is 0 Å². The van der Waals surface area contributed by atoms with Gasteiger partial charge >= 0.3 is 0 Å². The molecular formula is C27H41N7O7S. The van der Waals surface area contributed by atoms with Crippen molar-refractivity contribution < 1.29 is 33.6 Å². The van der Waals surface area contributed by atoms with Gasteiger partial charge in [0.2, 0.25) is 0 Å². The van der Waals surface area contributed by atoms with Crippen LogP contribution in [0, 0.1) is 25.2 Å². The van der Waals surface area contributed by atoms with Gasteiger partial charge in [0.25, 0.3) is 0 Å². The van der Waals surface area contributed by atoms with Gasteiger partial charge in [-0.25, -0.2) is 13.4 Å². The van der Waals surface area contributed by atoms with Crippen LogP contribution in [0.5, 0.6) is 5.75 Å². The number of rotatable bonds is 17. The second-order valence-corrected chi connectivity index (χ2v) is 11.9. The fourth-order valence-corrected chi connectivity index (χ4v) is 5.81. The van der Waals surface area contributed by atoms with Gasteiger partial charge in [-0.1, -0.05) is 0 Å². The van der Waals surface area contributed by atoms with Gasteiger partial charge in [0.05, 0.1) is 48.7 Å². The van der Waals surface area contributed by atoms with Crippen LogP contribution in [-0.4, -0.2) is 110 Å². The third kappa shape index (κ3) is 9.58. The molecule has 1 aromatic heterocycles. The molecule has 0 aliphatic carbocycles. The third-order valence-electron chi connectivity index (χ3n) is 6.13. The van der Waals surface area contributed by atoms with E-state index in [2.05, 4.69) is 31.9 Å². The van der Waals surface area contributed by atoms with E-state index in [1.54, 1.807) is 32.6 Å². The number of nitrogens with one attached hydrogen (secondary N) is 2. The second-order valence-electron chi connectivity index (χ2n) is 9.84. The Morgan fingerprint density at radius 3 is 2.17 bits per heavy atom. The van der Waals surface area contributed by atoms with Gasteiger partial charge in [0.1, 0.15) is 29.0 Å². The van der Waals surface area contributed by atoms with Crippen molar-refractivity contribution in [1.29, 1.82) is 5.26 Å². The lowest BCUT2D eigenvalue weighted by Crippen LogP contribution is -2.39.